The first kappa shape index (κ1) is 18.7. The molecular formula is C24H23N3O2. The number of rotatable bonds is 7. The molecule has 0 radical (unpaired) electrons. The molecule has 1 N–H and O–H groups in total. The number of hydrogen-bond donors (Lipinski definition) is 1. The van der Waals surface area contributed by atoms with Crippen LogP contribution in [0.2, 0.25) is 0 Å². The number of aryl methyl sites for hydroxylation is 2. The molecule has 1 aromatic heterocycles. The smallest absolute Gasteiger partial charge is 0.244 e. The van der Waals surface area contributed by atoms with E-state index in [0.29, 0.717) is 11.4 Å². The second-order valence-electron chi connectivity index (χ2n) is 6.84. The maximum Gasteiger partial charge on any atom is 0.244 e. The quantitative estimate of drug-likeness (QED) is 0.511. The van der Waals surface area contributed by atoms with E-state index in [9.17, 15) is 4.79 Å². The van der Waals surface area contributed by atoms with Gasteiger partial charge in [0.15, 0.2) is 0 Å². The van der Waals surface area contributed by atoms with E-state index in [1.165, 1.54) is 5.56 Å². The van der Waals surface area contributed by atoms with Crippen molar-refractivity contribution >= 4 is 22.6 Å². The number of imidazole rings is 1. The first-order valence-electron chi connectivity index (χ1n) is 9.65. The monoisotopic (exact) mass is 385 g/mol. The molecule has 5 nitrogen and oxygen atoms in total. The Morgan fingerprint density at radius 2 is 1.66 bits per heavy atom. The van der Waals surface area contributed by atoms with Crippen LogP contribution in [0.25, 0.3) is 11.0 Å². The normalized spacial score (nSPS) is 10.8. The standard InChI is InChI=1S/C24H23N3O2/c1-29-22-14-8-6-12-20(22)26-24(28)17-27-21-13-7-5-11-19(21)25-23(27)16-15-18-9-3-2-4-10-18/h2-14H,15-17H2,1H3,(H,26,28). The van der Waals surface area contributed by atoms with E-state index in [1.807, 2.05) is 71.3 Å². The number of methoxy groups -OCH3 is 1. The van der Waals surface area contributed by atoms with E-state index < -0.39 is 0 Å². The molecule has 29 heavy (non-hydrogen) atoms. The fraction of sp³-hybridized carbons (Fsp3) is 0.167. The zero-order valence-electron chi connectivity index (χ0n) is 16.3. The van der Waals surface area contributed by atoms with Gasteiger partial charge in [0.1, 0.15) is 18.1 Å². The van der Waals surface area contributed by atoms with Gasteiger partial charge in [-0.2, -0.15) is 0 Å². The van der Waals surface area contributed by atoms with Gasteiger partial charge >= 0.3 is 0 Å². The molecule has 146 valence electrons. The van der Waals surface area contributed by atoms with E-state index >= 15 is 0 Å². The van der Waals surface area contributed by atoms with E-state index in [4.69, 9.17) is 9.72 Å². The molecule has 0 fully saturated rings. The summed E-state index contributed by atoms with van der Waals surface area (Å²) in [6, 6.07) is 25.7. The molecule has 5 heteroatoms. The minimum Gasteiger partial charge on any atom is -0.495 e. The predicted octanol–water partition coefficient (Wildman–Crippen LogP) is 4.47. The first-order chi connectivity index (χ1) is 14.2. The van der Waals surface area contributed by atoms with Crippen LogP contribution in [0.4, 0.5) is 5.69 Å². The number of nitrogens with zero attached hydrogens (tertiary/aromatic N) is 2. The van der Waals surface area contributed by atoms with Gasteiger partial charge in [0, 0.05) is 6.42 Å². The molecule has 0 aliphatic heterocycles. The molecule has 1 amide bonds. The number of fused-ring (bicyclic) bond motifs is 1. The molecule has 0 saturated heterocycles. The number of carbonyl (C=O) groups excluding carboxylic acids is 1. The van der Waals surface area contributed by atoms with Crippen LogP contribution < -0.4 is 10.1 Å². The third kappa shape index (κ3) is 4.29. The summed E-state index contributed by atoms with van der Waals surface area (Å²) < 4.78 is 7.33. The van der Waals surface area contributed by atoms with E-state index in [1.54, 1.807) is 7.11 Å². The van der Waals surface area contributed by atoms with Crippen molar-refractivity contribution in [1.82, 2.24) is 9.55 Å². The van der Waals surface area contributed by atoms with Gasteiger partial charge in [-0.25, -0.2) is 4.98 Å². The summed E-state index contributed by atoms with van der Waals surface area (Å²) in [4.78, 5) is 17.6. The lowest BCUT2D eigenvalue weighted by Crippen LogP contribution is -2.20. The van der Waals surface area contributed by atoms with Gasteiger partial charge in [-0.3, -0.25) is 4.79 Å². The summed E-state index contributed by atoms with van der Waals surface area (Å²) >= 11 is 0. The van der Waals surface area contributed by atoms with E-state index in [-0.39, 0.29) is 12.5 Å². The molecule has 0 aliphatic rings. The SMILES string of the molecule is COc1ccccc1NC(=O)Cn1c(CCc2ccccc2)nc2ccccc21. The molecule has 4 rings (SSSR count). The van der Waals surface area contributed by atoms with Gasteiger partial charge in [0.25, 0.3) is 0 Å². The zero-order valence-corrected chi connectivity index (χ0v) is 16.3. The molecule has 1 heterocycles. The topological polar surface area (TPSA) is 56.1 Å². The average Bonchev–Trinajstić information content (AvgIpc) is 3.10. The van der Waals surface area contributed by atoms with Crippen LogP contribution >= 0.6 is 0 Å². The number of para-hydroxylation sites is 4. The van der Waals surface area contributed by atoms with Crippen LogP contribution in [-0.2, 0) is 24.2 Å². The summed E-state index contributed by atoms with van der Waals surface area (Å²) in [6.07, 6.45) is 1.64. The Labute approximate surface area is 170 Å². The molecule has 0 saturated carbocycles. The third-order valence-electron chi connectivity index (χ3n) is 4.90. The van der Waals surface area contributed by atoms with Crippen molar-refractivity contribution < 1.29 is 9.53 Å². The van der Waals surface area contributed by atoms with Crippen molar-refractivity contribution in [2.45, 2.75) is 19.4 Å². The van der Waals surface area contributed by atoms with Crippen LogP contribution in [0, 0.1) is 0 Å². The Kier molecular flexibility index (Phi) is 5.56. The van der Waals surface area contributed by atoms with Gasteiger partial charge in [-0.15, -0.1) is 0 Å². The molecule has 0 spiro atoms. The minimum atomic E-state index is -0.112. The number of carbonyl (C=O) groups is 1. The van der Waals surface area contributed by atoms with Crippen molar-refractivity contribution in [3.05, 3.63) is 90.3 Å². The Balaban J connectivity index is 1.57. The third-order valence-corrected chi connectivity index (χ3v) is 4.90. The lowest BCUT2D eigenvalue weighted by molar-refractivity contribution is -0.116. The van der Waals surface area contributed by atoms with E-state index in [0.717, 1.165) is 29.7 Å². The molecule has 0 bridgehead atoms. The summed E-state index contributed by atoms with van der Waals surface area (Å²) in [5.41, 5.74) is 3.78. The van der Waals surface area contributed by atoms with Crippen molar-refractivity contribution in [2.75, 3.05) is 12.4 Å². The molecule has 3 aromatic carbocycles. The van der Waals surface area contributed by atoms with Gasteiger partial charge < -0.3 is 14.6 Å². The second kappa shape index (κ2) is 8.61. The number of amides is 1. The fourth-order valence-electron chi connectivity index (χ4n) is 3.47. The lowest BCUT2D eigenvalue weighted by Gasteiger charge is -2.12. The number of hydrogen-bond acceptors (Lipinski definition) is 3. The lowest BCUT2D eigenvalue weighted by atomic mass is 10.1. The van der Waals surface area contributed by atoms with Crippen LogP contribution in [0.3, 0.4) is 0 Å². The Morgan fingerprint density at radius 1 is 0.931 bits per heavy atom. The van der Waals surface area contributed by atoms with Gasteiger partial charge in [0.2, 0.25) is 5.91 Å². The van der Waals surface area contributed by atoms with E-state index in [2.05, 4.69) is 17.4 Å². The summed E-state index contributed by atoms with van der Waals surface area (Å²) in [5, 5.41) is 2.95. The highest BCUT2D eigenvalue weighted by atomic mass is 16.5. The Hall–Kier alpha value is -3.60. The van der Waals surface area contributed by atoms with Gasteiger partial charge in [0.05, 0.1) is 23.8 Å². The number of anilines is 1. The zero-order chi connectivity index (χ0) is 20.1. The molecule has 4 aromatic rings. The van der Waals surface area contributed by atoms with Crippen LogP contribution in [0.5, 0.6) is 5.75 Å². The maximum atomic E-state index is 12.8. The van der Waals surface area contributed by atoms with Crippen LogP contribution in [-0.4, -0.2) is 22.6 Å². The molecular weight excluding hydrogens is 362 g/mol. The van der Waals surface area contributed by atoms with Crippen molar-refractivity contribution in [3.63, 3.8) is 0 Å². The summed E-state index contributed by atoms with van der Waals surface area (Å²) in [5.74, 6) is 1.43. The maximum absolute atomic E-state index is 12.8. The summed E-state index contributed by atoms with van der Waals surface area (Å²) in [7, 11) is 1.59. The number of benzene rings is 3. The predicted molar refractivity (Wildman–Crippen MR) is 115 cm³/mol. The van der Waals surface area contributed by atoms with Crippen LogP contribution in [0.1, 0.15) is 11.4 Å². The van der Waals surface area contributed by atoms with Crippen molar-refractivity contribution in [3.8, 4) is 5.75 Å². The van der Waals surface area contributed by atoms with Crippen LogP contribution in [0.15, 0.2) is 78.9 Å². The second-order valence-corrected chi connectivity index (χ2v) is 6.84. The largest absolute Gasteiger partial charge is 0.495 e. The summed E-state index contributed by atoms with van der Waals surface area (Å²) in [6.45, 7) is 0.197. The number of ether oxygens (including phenoxy) is 1. The molecule has 0 atom stereocenters. The highest BCUT2D eigenvalue weighted by Crippen LogP contribution is 2.23. The molecule has 0 unspecified atom stereocenters. The number of nitrogens with one attached hydrogen (secondary N) is 1. The number of aromatic nitrogens is 2. The van der Waals surface area contributed by atoms with Crippen molar-refractivity contribution in [1.29, 1.82) is 0 Å². The highest BCUT2D eigenvalue weighted by Gasteiger charge is 2.15. The Morgan fingerprint density at radius 3 is 2.48 bits per heavy atom. The minimum absolute atomic E-state index is 0.112. The average molecular weight is 385 g/mol. The fourth-order valence-corrected chi connectivity index (χ4v) is 3.47. The van der Waals surface area contributed by atoms with Gasteiger partial charge in [-0.1, -0.05) is 54.6 Å². The van der Waals surface area contributed by atoms with Gasteiger partial charge in [-0.05, 0) is 36.2 Å². The first-order valence-corrected chi connectivity index (χ1v) is 9.65. The van der Waals surface area contributed by atoms with Crippen molar-refractivity contribution in [2.24, 2.45) is 0 Å². The highest BCUT2D eigenvalue weighted by molar-refractivity contribution is 5.93. The molecule has 0 aliphatic carbocycles. The Bertz CT molecular complexity index is 1120.